The molecule has 0 aromatic heterocycles. The molecule has 0 bridgehead atoms. The van der Waals surface area contributed by atoms with Crippen LogP contribution in [0.2, 0.25) is 0 Å². The molecule has 0 radical (unpaired) electrons. The maximum atomic E-state index is 10.7. The predicted octanol–water partition coefficient (Wildman–Crippen LogP) is 4.24. The molecule has 0 heterocycles. The maximum absolute atomic E-state index is 10.7. The van der Waals surface area contributed by atoms with E-state index in [0.29, 0.717) is 12.3 Å². The molecule has 0 aliphatic rings. The Morgan fingerprint density at radius 3 is 2.13 bits per heavy atom. The van der Waals surface area contributed by atoms with Crippen molar-refractivity contribution < 1.29 is 9.90 Å². The highest BCUT2D eigenvalue weighted by Gasteiger charge is 2.11. The molecule has 0 spiro atoms. The first kappa shape index (κ1) is 14.5. The predicted molar refractivity (Wildman–Crippen MR) is 64.0 cm³/mol. The van der Waals surface area contributed by atoms with E-state index in [1.807, 2.05) is 0 Å². The van der Waals surface area contributed by atoms with Crippen LogP contribution in [-0.2, 0) is 4.79 Å². The average molecular weight is 214 g/mol. The van der Waals surface area contributed by atoms with Crippen LogP contribution in [0.1, 0.15) is 71.6 Å². The molecule has 0 aromatic rings. The molecule has 0 aliphatic carbocycles. The second-order valence-corrected chi connectivity index (χ2v) is 4.46. The average Bonchev–Trinajstić information content (AvgIpc) is 2.19. The van der Waals surface area contributed by atoms with E-state index in [9.17, 15) is 4.79 Å². The standard InChI is InChI=1S/C13H26O2/c1-3-5-7-8-10-12(9-6-4-2)11-13(14)15/h12H,3-11H2,1-2H3,(H,14,15)/t12-/m0/s1. The lowest BCUT2D eigenvalue weighted by atomic mass is 9.92. The summed E-state index contributed by atoms with van der Waals surface area (Å²) in [6, 6.07) is 0. The van der Waals surface area contributed by atoms with Crippen LogP contribution in [-0.4, -0.2) is 11.1 Å². The SMILES string of the molecule is CCCCCC[C@H](CCCC)CC(=O)O. The van der Waals surface area contributed by atoms with Crippen LogP contribution in [0, 0.1) is 5.92 Å². The number of carbonyl (C=O) groups is 1. The van der Waals surface area contributed by atoms with Gasteiger partial charge in [0.15, 0.2) is 0 Å². The third kappa shape index (κ3) is 9.77. The molecular formula is C13H26O2. The van der Waals surface area contributed by atoms with Crippen molar-refractivity contribution in [3.8, 4) is 0 Å². The molecule has 0 rings (SSSR count). The van der Waals surface area contributed by atoms with Crippen LogP contribution >= 0.6 is 0 Å². The van der Waals surface area contributed by atoms with Crippen molar-refractivity contribution in [2.45, 2.75) is 71.6 Å². The van der Waals surface area contributed by atoms with E-state index in [4.69, 9.17) is 5.11 Å². The van der Waals surface area contributed by atoms with Gasteiger partial charge < -0.3 is 5.11 Å². The van der Waals surface area contributed by atoms with Crippen molar-refractivity contribution in [2.24, 2.45) is 5.92 Å². The van der Waals surface area contributed by atoms with Gasteiger partial charge in [-0.2, -0.15) is 0 Å². The number of carboxylic acid groups (broad SMARTS) is 1. The summed E-state index contributed by atoms with van der Waals surface area (Å²) in [6.07, 6.45) is 9.91. The Bertz CT molecular complexity index is 155. The summed E-state index contributed by atoms with van der Waals surface area (Å²) in [5, 5.41) is 8.79. The summed E-state index contributed by atoms with van der Waals surface area (Å²) in [5.74, 6) is -0.217. The third-order valence-electron chi connectivity index (χ3n) is 2.90. The number of rotatable bonds is 10. The number of aliphatic carboxylic acids is 1. The van der Waals surface area contributed by atoms with E-state index in [-0.39, 0.29) is 0 Å². The zero-order valence-corrected chi connectivity index (χ0v) is 10.3. The molecule has 0 aromatic carbocycles. The van der Waals surface area contributed by atoms with E-state index in [2.05, 4.69) is 13.8 Å². The van der Waals surface area contributed by atoms with Crippen LogP contribution < -0.4 is 0 Å². The smallest absolute Gasteiger partial charge is 0.303 e. The fourth-order valence-electron chi connectivity index (χ4n) is 1.95. The van der Waals surface area contributed by atoms with Gasteiger partial charge in [-0.05, 0) is 18.8 Å². The van der Waals surface area contributed by atoms with Gasteiger partial charge in [-0.1, -0.05) is 52.4 Å². The van der Waals surface area contributed by atoms with Gasteiger partial charge in [0, 0.05) is 6.42 Å². The van der Waals surface area contributed by atoms with Crippen LogP contribution in [0.15, 0.2) is 0 Å². The van der Waals surface area contributed by atoms with Crippen molar-refractivity contribution in [1.29, 1.82) is 0 Å². The Balaban J connectivity index is 3.64. The van der Waals surface area contributed by atoms with Gasteiger partial charge in [-0.3, -0.25) is 4.79 Å². The second kappa shape index (κ2) is 10.0. The summed E-state index contributed by atoms with van der Waals surface area (Å²) in [5.41, 5.74) is 0. The monoisotopic (exact) mass is 214 g/mol. The lowest BCUT2D eigenvalue weighted by Crippen LogP contribution is -2.08. The molecule has 0 saturated carbocycles. The Labute approximate surface area is 94.1 Å². The first-order valence-corrected chi connectivity index (χ1v) is 6.42. The van der Waals surface area contributed by atoms with E-state index >= 15 is 0 Å². The van der Waals surface area contributed by atoms with Gasteiger partial charge in [-0.15, -0.1) is 0 Å². The van der Waals surface area contributed by atoms with E-state index in [1.54, 1.807) is 0 Å². The van der Waals surface area contributed by atoms with Crippen molar-refractivity contribution in [3.05, 3.63) is 0 Å². The van der Waals surface area contributed by atoms with Crippen LogP contribution in [0.4, 0.5) is 0 Å². The molecule has 90 valence electrons. The van der Waals surface area contributed by atoms with Crippen molar-refractivity contribution in [1.82, 2.24) is 0 Å². The number of carboxylic acids is 1. The third-order valence-corrected chi connectivity index (χ3v) is 2.90. The molecule has 1 atom stereocenters. The topological polar surface area (TPSA) is 37.3 Å². The molecule has 0 amide bonds. The molecule has 2 heteroatoms. The van der Waals surface area contributed by atoms with Gasteiger partial charge in [0.25, 0.3) is 0 Å². The fourth-order valence-corrected chi connectivity index (χ4v) is 1.95. The minimum absolute atomic E-state index is 0.367. The number of hydrogen-bond donors (Lipinski definition) is 1. The van der Waals surface area contributed by atoms with Gasteiger partial charge in [-0.25, -0.2) is 0 Å². The van der Waals surface area contributed by atoms with Crippen LogP contribution in [0.25, 0.3) is 0 Å². The normalized spacial score (nSPS) is 12.7. The zero-order valence-electron chi connectivity index (χ0n) is 10.3. The highest BCUT2D eigenvalue weighted by Crippen LogP contribution is 2.20. The Kier molecular flexibility index (Phi) is 9.65. The lowest BCUT2D eigenvalue weighted by molar-refractivity contribution is -0.138. The summed E-state index contributed by atoms with van der Waals surface area (Å²) in [7, 11) is 0. The summed E-state index contributed by atoms with van der Waals surface area (Å²) < 4.78 is 0. The number of hydrogen-bond acceptors (Lipinski definition) is 1. The van der Waals surface area contributed by atoms with Gasteiger partial charge in [0.05, 0.1) is 0 Å². The Hall–Kier alpha value is -0.530. The Morgan fingerprint density at radius 2 is 1.60 bits per heavy atom. The molecule has 0 fully saturated rings. The molecule has 0 aliphatic heterocycles. The molecular weight excluding hydrogens is 188 g/mol. The fraction of sp³-hybridized carbons (Fsp3) is 0.923. The highest BCUT2D eigenvalue weighted by atomic mass is 16.4. The molecule has 2 nitrogen and oxygen atoms in total. The minimum atomic E-state index is -0.633. The molecule has 1 N–H and O–H groups in total. The zero-order chi connectivity index (χ0) is 11.5. The summed E-state index contributed by atoms with van der Waals surface area (Å²) >= 11 is 0. The Morgan fingerprint density at radius 1 is 1.00 bits per heavy atom. The van der Waals surface area contributed by atoms with Crippen molar-refractivity contribution in [3.63, 3.8) is 0 Å². The lowest BCUT2D eigenvalue weighted by Gasteiger charge is -2.13. The minimum Gasteiger partial charge on any atom is -0.481 e. The first-order chi connectivity index (χ1) is 7.20. The van der Waals surface area contributed by atoms with Gasteiger partial charge >= 0.3 is 5.97 Å². The summed E-state index contributed by atoms with van der Waals surface area (Å²) in [6.45, 7) is 4.36. The first-order valence-electron chi connectivity index (χ1n) is 6.42. The number of unbranched alkanes of at least 4 members (excludes halogenated alkanes) is 4. The van der Waals surface area contributed by atoms with E-state index in [0.717, 1.165) is 12.8 Å². The summed E-state index contributed by atoms with van der Waals surface area (Å²) in [4.78, 5) is 10.7. The highest BCUT2D eigenvalue weighted by molar-refractivity contribution is 5.66. The van der Waals surface area contributed by atoms with Gasteiger partial charge in [0.2, 0.25) is 0 Å². The quantitative estimate of drug-likeness (QED) is 0.552. The molecule has 15 heavy (non-hydrogen) atoms. The van der Waals surface area contributed by atoms with Crippen molar-refractivity contribution in [2.75, 3.05) is 0 Å². The van der Waals surface area contributed by atoms with Crippen LogP contribution in [0.3, 0.4) is 0 Å². The van der Waals surface area contributed by atoms with Gasteiger partial charge in [0.1, 0.15) is 0 Å². The maximum Gasteiger partial charge on any atom is 0.303 e. The largest absolute Gasteiger partial charge is 0.481 e. The molecule has 0 saturated heterocycles. The van der Waals surface area contributed by atoms with E-state index < -0.39 is 5.97 Å². The molecule has 0 unspecified atom stereocenters. The van der Waals surface area contributed by atoms with Crippen molar-refractivity contribution >= 4 is 5.97 Å². The van der Waals surface area contributed by atoms with E-state index in [1.165, 1.54) is 38.5 Å². The van der Waals surface area contributed by atoms with Crippen LogP contribution in [0.5, 0.6) is 0 Å². The second-order valence-electron chi connectivity index (χ2n) is 4.46.